The van der Waals surface area contributed by atoms with Crippen molar-refractivity contribution in [2.75, 3.05) is 0 Å². The molecule has 1 aliphatic rings. The molecule has 0 saturated heterocycles. The van der Waals surface area contributed by atoms with Crippen LogP contribution < -0.4 is 0 Å². The molecule has 10 aromatic rings. The highest BCUT2D eigenvalue weighted by molar-refractivity contribution is 6.29. The lowest BCUT2D eigenvalue weighted by Gasteiger charge is -2.14. The van der Waals surface area contributed by atoms with Crippen LogP contribution in [0.15, 0.2) is 176 Å². The summed E-state index contributed by atoms with van der Waals surface area (Å²) in [6.45, 7) is 0. The van der Waals surface area contributed by atoms with E-state index in [2.05, 4.69) is 164 Å². The predicted octanol–water partition coefficient (Wildman–Crippen LogP) is 13.5. The van der Waals surface area contributed by atoms with Crippen molar-refractivity contribution in [2.45, 2.75) is 0 Å². The van der Waals surface area contributed by atoms with Crippen LogP contribution in [-0.2, 0) is 0 Å². The van der Waals surface area contributed by atoms with E-state index in [1.807, 2.05) is 12.4 Å². The summed E-state index contributed by atoms with van der Waals surface area (Å²) in [5, 5.41) is 12.7. The Morgan fingerprint density at radius 2 is 0.820 bits per heavy atom. The highest BCUT2D eigenvalue weighted by atomic mass is 14.6. The van der Waals surface area contributed by atoms with Gasteiger partial charge in [0.1, 0.15) is 0 Å². The average Bonchev–Trinajstić information content (AvgIpc) is 3.51. The molecule has 0 unspecified atom stereocenters. The SMILES string of the molecule is c1ccc2cc(-c3ccc4cc(-c5cncc(-c6ccc7c8c(cc9ccccc9c68)-c6ccc8ccccc8c6-7)c5)ccc4c3)ccc2c1. The molecule has 1 heteroatoms. The van der Waals surface area contributed by atoms with E-state index < -0.39 is 0 Å². The van der Waals surface area contributed by atoms with Crippen molar-refractivity contribution in [1.29, 1.82) is 0 Å². The number of nitrogens with zero attached hydrogens (tertiary/aromatic N) is 1. The van der Waals surface area contributed by atoms with Crippen LogP contribution in [0.3, 0.4) is 0 Å². The lowest BCUT2D eigenvalue weighted by atomic mass is 9.90. The normalized spacial score (nSPS) is 12.0. The molecule has 1 nitrogen and oxygen atoms in total. The predicted molar refractivity (Wildman–Crippen MR) is 213 cm³/mol. The van der Waals surface area contributed by atoms with Crippen molar-refractivity contribution in [3.63, 3.8) is 0 Å². The summed E-state index contributed by atoms with van der Waals surface area (Å²) < 4.78 is 0. The monoisotopic (exact) mass is 631 g/mol. The minimum absolute atomic E-state index is 1.12. The zero-order valence-corrected chi connectivity index (χ0v) is 27.2. The van der Waals surface area contributed by atoms with Crippen LogP contribution >= 0.6 is 0 Å². The van der Waals surface area contributed by atoms with Crippen molar-refractivity contribution in [2.24, 2.45) is 0 Å². The van der Waals surface area contributed by atoms with Crippen LogP contribution in [0.1, 0.15) is 0 Å². The molecule has 0 aliphatic heterocycles. The first-order chi connectivity index (χ1) is 24.8. The van der Waals surface area contributed by atoms with Gasteiger partial charge in [-0.1, -0.05) is 133 Å². The Bertz CT molecular complexity index is 3040. The Kier molecular flexibility index (Phi) is 5.73. The topological polar surface area (TPSA) is 12.9 Å². The molecule has 0 atom stereocenters. The summed E-state index contributed by atoms with van der Waals surface area (Å²) in [4.78, 5) is 4.82. The minimum Gasteiger partial charge on any atom is -0.263 e. The minimum atomic E-state index is 1.12. The van der Waals surface area contributed by atoms with E-state index in [9.17, 15) is 0 Å². The van der Waals surface area contributed by atoms with Gasteiger partial charge in [0.05, 0.1) is 0 Å². The lowest BCUT2D eigenvalue weighted by Crippen LogP contribution is -1.89. The van der Waals surface area contributed by atoms with Gasteiger partial charge in [0.25, 0.3) is 0 Å². The van der Waals surface area contributed by atoms with E-state index >= 15 is 0 Å². The maximum absolute atomic E-state index is 4.82. The van der Waals surface area contributed by atoms with Crippen molar-refractivity contribution in [3.05, 3.63) is 176 Å². The fourth-order valence-corrected chi connectivity index (χ4v) is 8.41. The molecule has 230 valence electrons. The molecule has 0 saturated carbocycles. The maximum atomic E-state index is 4.82. The molecule has 50 heavy (non-hydrogen) atoms. The molecule has 1 aliphatic carbocycles. The smallest absolute Gasteiger partial charge is 0.0347 e. The molecule has 0 radical (unpaired) electrons. The van der Waals surface area contributed by atoms with Crippen LogP contribution in [-0.4, -0.2) is 4.98 Å². The van der Waals surface area contributed by atoms with Crippen LogP contribution in [0.5, 0.6) is 0 Å². The summed E-state index contributed by atoms with van der Waals surface area (Å²) in [5.74, 6) is 0. The third kappa shape index (κ3) is 4.04. The van der Waals surface area contributed by atoms with E-state index in [0.717, 1.165) is 11.1 Å². The number of benzene rings is 9. The molecular formula is C49H29N. The fraction of sp³-hybridized carbons (Fsp3) is 0. The highest BCUT2D eigenvalue weighted by Gasteiger charge is 2.26. The average molecular weight is 632 g/mol. The van der Waals surface area contributed by atoms with Gasteiger partial charge in [0.15, 0.2) is 0 Å². The summed E-state index contributed by atoms with van der Waals surface area (Å²) in [7, 11) is 0. The van der Waals surface area contributed by atoms with Gasteiger partial charge in [-0.25, -0.2) is 0 Å². The van der Waals surface area contributed by atoms with E-state index in [1.54, 1.807) is 0 Å². The first-order valence-corrected chi connectivity index (χ1v) is 17.3. The third-order valence-electron chi connectivity index (χ3n) is 10.8. The van der Waals surface area contributed by atoms with E-state index in [1.165, 1.54) is 98.4 Å². The molecule has 0 N–H and O–H groups in total. The summed E-state index contributed by atoms with van der Waals surface area (Å²) >= 11 is 0. The van der Waals surface area contributed by atoms with Crippen LogP contribution in [0.2, 0.25) is 0 Å². The molecule has 0 spiro atoms. The standard InChI is InChI=1S/C49H29N/c1-2-9-32-23-33(14-13-30(32)7-1)34-15-16-36-25-37(18-17-35(36)24-34)39-26-40(29-50-28-39)43-21-22-45-47-41-11-5-3-8-31(41)19-20-44(47)46-27-38-10-4-6-12-42(38)48(43)49(45)46/h1-29H. The second-order valence-corrected chi connectivity index (χ2v) is 13.6. The molecule has 0 amide bonds. The van der Waals surface area contributed by atoms with Gasteiger partial charge in [-0.05, 0) is 129 Å². The number of fused-ring (bicyclic) bond motifs is 9. The quantitative estimate of drug-likeness (QED) is 0.177. The van der Waals surface area contributed by atoms with Crippen LogP contribution in [0.4, 0.5) is 0 Å². The van der Waals surface area contributed by atoms with E-state index in [0.29, 0.717) is 0 Å². The van der Waals surface area contributed by atoms with Gasteiger partial charge in [-0.2, -0.15) is 0 Å². The molecule has 1 heterocycles. The second-order valence-electron chi connectivity index (χ2n) is 13.6. The van der Waals surface area contributed by atoms with E-state index in [4.69, 9.17) is 4.98 Å². The highest BCUT2D eigenvalue weighted by Crippen LogP contribution is 2.53. The molecule has 1 aromatic heterocycles. The summed E-state index contributed by atoms with van der Waals surface area (Å²) in [5.41, 5.74) is 12.4. The van der Waals surface area contributed by atoms with Gasteiger partial charge in [0, 0.05) is 23.5 Å². The summed E-state index contributed by atoms with van der Waals surface area (Å²) in [6, 6.07) is 60.4. The first-order valence-electron chi connectivity index (χ1n) is 17.3. The van der Waals surface area contributed by atoms with Gasteiger partial charge < -0.3 is 0 Å². The largest absolute Gasteiger partial charge is 0.263 e. The Balaban J connectivity index is 1.05. The van der Waals surface area contributed by atoms with Gasteiger partial charge in [0.2, 0.25) is 0 Å². The Hall–Kier alpha value is -6.57. The number of pyridine rings is 1. The third-order valence-corrected chi connectivity index (χ3v) is 10.8. The molecule has 11 rings (SSSR count). The number of aromatic nitrogens is 1. The van der Waals surface area contributed by atoms with Crippen LogP contribution in [0.25, 0.3) is 109 Å². The van der Waals surface area contributed by atoms with Crippen LogP contribution in [0, 0.1) is 0 Å². The number of hydrogen-bond acceptors (Lipinski definition) is 1. The van der Waals surface area contributed by atoms with Gasteiger partial charge >= 0.3 is 0 Å². The van der Waals surface area contributed by atoms with Gasteiger partial charge in [-0.3, -0.25) is 4.98 Å². The Morgan fingerprint density at radius 1 is 0.280 bits per heavy atom. The maximum Gasteiger partial charge on any atom is 0.0347 e. The summed E-state index contributed by atoms with van der Waals surface area (Å²) in [6.07, 6.45) is 4.02. The zero-order chi connectivity index (χ0) is 32.8. The molecule has 0 fully saturated rings. The lowest BCUT2D eigenvalue weighted by molar-refractivity contribution is 1.33. The van der Waals surface area contributed by atoms with Crippen molar-refractivity contribution in [1.82, 2.24) is 4.98 Å². The second kappa shape index (κ2) is 10.5. The Labute approximate surface area is 289 Å². The van der Waals surface area contributed by atoms with Crippen molar-refractivity contribution >= 4 is 53.9 Å². The van der Waals surface area contributed by atoms with Crippen molar-refractivity contribution in [3.8, 4) is 55.6 Å². The molecule has 0 bridgehead atoms. The Morgan fingerprint density at radius 3 is 1.60 bits per heavy atom. The first kappa shape index (κ1) is 27.4. The van der Waals surface area contributed by atoms with Gasteiger partial charge in [-0.15, -0.1) is 0 Å². The number of rotatable bonds is 3. The zero-order valence-electron chi connectivity index (χ0n) is 27.2. The molecule has 9 aromatic carbocycles. The van der Waals surface area contributed by atoms with Crippen molar-refractivity contribution < 1.29 is 0 Å². The number of hydrogen-bond donors (Lipinski definition) is 0. The fourth-order valence-electron chi connectivity index (χ4n) is 8.41. The molecular weight excluding hydrogens is 603 g/mol. The van der Waals surface area contributed by atoms with E-state index in [-0.39, 0.29) is 0 Å².